The molecule has 0 radical (unpaired) electrons. The number of pyridine rings is 1. The van der Waals surface area contributed by atoms with Gasteiger partial charge in [-0.1, -0.05) is 30.3 Å². The number of carboxylic acid groups (broad SMARTS) is 1. The van der Waals surface area contributed by atoms with Crippen LogP contribution in [0.1, 0.15) is 27.2 Å². The Balaban J connectivity index is 1.67. The average molecular weight is 472 g/mol. The molecule has 0 saturated heterocycles. The molecule has 1 aliphatic rings. The molecule has 0 aliphatic heterocycles. The molecule has 3 aromatic rings. The van der Waals surface area contributed by atoms with Crippen molar-refractivity contribution in [3.05, 3.63) is 77.2 Å². The summed E-state index contributed by atoms with van der Waals surface area (Å²) in [7, 11) is 0. The zero-order valence-electron chi connectivity index (χ0n) is 18.1. The van der Waals surface area contributed by atoms with Crippen molar-refractivity contribution in [2.24, 2.45) is 0 Å². The highest BCUT2D eigenvalue weighted by Crippen LogP contribution is 2.37. The lowest BCUT2D eigenvalue weighted by atomic mass is 9.92. The summed E-state index contributed by atoms with van der Waals surface area (Å²) in [5.74, 6) is -0.692. The largest absolute Gasteiger partial charge is 0.465 e. The summed E-state index contributed by atoms with van der Waals surface area (Å²) >= 11 is 0. The van der Waals surface area contributed by atoms with Gasteiger partial charge in [0.1, 0.15) is 12.2 Å². The van der Waals surface area contributed by atoms with Crippen molar-refractivity contribution < 1.29 is 27.9 Å². The van der Waals surface area contributed by atoms with Crippen molar-refractivity contribution >= 4 is 12.0 Å². The number of aromatic nitrogens is 2. The highest BCUT2D eigenvalue weighted by Gasteiger charge is 2.34. The average Bonchev–Trinajstić information content (AvgIpc) is 3.15. The second-order valence-corrected chi connectivity index (χ2v) is 8.18. The third-order valence-electron chi connectivity index (χ3n) is 5.73. The van der Waals surface area contributed by atoms with E-state index in [9.17, 15) is 22.8 Å². The summed E-state index contributed by atoms with van der Waals surface area (Å²) in [5.41, 5.74) is 3.24. The van der Waals surface area contributed by atoms with E-state index in [1.165, 1.54) is 12.3 Å². The lowest BCUT2D eigenvalue weighted by Crippen LogP contribution is -2.45. The van der Waals surface area contributed by atoms with Crippen LogP contribution in [0.5, 0.6) is 0 Å². The molecule has 0 fully saturated rings. The van der Waals surface area contributed by atoms with Crippen LogP contribution in [0.2, 0.25) is 0 Å². The molecular formula is C24H23F3N4O3. The van der Waals surface area contributed by atoms with Gasteiger partial charge in [-0.25, -0.2) is 4.79 Å². The van der Waals surface area contributed by atoms with Gasteiger partial charge in [-0.15, -0.1) is 0 Å². The molecule has 0 saturated carbocycles. The van der Waals surface area contributed by atoms with Crippen LogP contribution in [0.4, 0.5) is 18.0 Å². The Kier molecular flexibility index (Phi) is 6.58. The summed E-state index contributed by atoms with van der Waals surface area (Å²) in [4.78, 5) is 28.3. The van der Waals surface area contributed by atoms with E-state index in [0.717, 1.165) is 15.7 Å². The van der Waals surface area contributed by atoms with Gasteiger partial charge in [0.25, 0.3) is 5.91 Å². The van der Waals surface area contributed by atoms with E-state index in [4.69, 9.17) is 5.11 Å². The van der Waals surface area contributed by atoms with Gasteiger partial charge in [-0.2, -0.15) is 13.2 Å². The third kappa shape index (κ3) is 5.38. The monoisotopic (exact) mass is 472 g/mol. The van der Waals surface area contributed by atoms with E-state index in [1.807, 2.05) is 30.3 Å². The van der Waals surface area contributed by atoms with Crippen molar-refractivity contribution in [1.29, 1.82) is 0 Å². The van der Waals surface area contributed by atoms with Gasteiger partial charge in [0, 0.05) is 24.5 Å². The molecule has 1 aromatic carbocycles. The molecule has 2 heterocycles. The van der Waals surface area contributed by atoms with Crippen LogP contribution >= 0.6 is 0 Å². The minimum Gasteiger partial charge on any atom is -0.465 e. The number of hydrogen-bond acceptors (Lipinski definition) is 3. The van der Waals surface area contributed by atoms with Crippen LogP contribution in [0.25, 0.3) is 11.3 Å². The first-order valence-corrected chi connectivity index (χ1v) is 10.8. The van der Waals surface area contributed by atoms with Crippen molar-refractivity contribution in [2.75, 3.05) is 6.54 Å². The molecule has 4 rings (SSSR count). The van der Waals surface area contributed by atoms with Crippen LogP contribution in [-0.4, -0.2) is 45.4 Å². The molecule has 178 valence electrons. The summed E-state index contributed by atoms with van der Waals surface area (Å²) in [6, 6.07) is 11.6. The molecule has 34 heavy (non-hydrogen) atoms. The van der Waals surface area contributed by atoms with E-state index in [-0.39, 0.29) is 12.2 Å². The van der Waals surface area contributed by atoms with E-state index in [1.54, 1.807) is 12.3 Å². The number of rotatable bonds is 7. The fourth-order valence-corrected chi connectivity index (χ4v) is 4.32. The summed E-state index contributed by atoms with van der Waals surface area (Å²) in [6.45, 7) is -1.41. The number of aryl methyl sites for hydroxylation is 2. The second kappa shape index (κ2) is 9.58. The number of amides is 2. The minimum absolute atomic E-state index is 0.0931. The molecule has 0 unspecified atom stereocenters. The lowest BCUT2D eigenvalue weighted by molar-refractivity contribution is -0.140. The molecule has 2 aromatic heterocycles. The van der Waals surface area contributed by atoms with Crippen LogP contribution in [0, 0.1) is 0 Å². The first-order chi connectivity index (χ1) is 16.2. The van der Waals surface area contributed by atoms with Crippen LogP contribution < -0.4 is 10.6 Å². The van der Waals surface area contributed by atoms with Gasteiger partial charge in [0.15, 0.2) is 0 Å². The lowest BCUT2D eigenvalue weighted by Gasteiger charge is -2.22. The normalized spacial score (nSPS) is 13.5. The predicted octanol–water partition coefficient (Wildman–Crippen LogP) is 3.82. The van der Waals surface area contributed by atoms with Crippen molar-refractivity contribution in [2.45, 2.75) is 38.0 Å². The van der Waals surface area contributed by atoms with Crippen molar-refractivity contribution in [3.8, 4) is 11.3 Å². The Morgan fingerprint density at radius 3 is 2.56 bits per heavy atom. The summed E-state index contributed by atoms with van der Waals surface area (Å²) in [5, 5.41) is 14.0. The molecule has 0 spiro atoms. The maximum absolute atomic E-state index is 13.5. The first kappa shape index (κ1) is 23.3. The van der Waals surface area contributed by atoms with E-state index in [0.29, 0.717) is 36.1 Å². The number of fused-ring (bicyclic) bond motifs is 3. The van der Waals surface area contributed by atoms with Gasteiger partial charge in [-0.05, 0) is 48.1 Å². The first-order valence-electron chi connectivity index (χ1n) is 10.8. The highest BCUT2D eigenvalue weighted by atomic mass is 19.4. The van der Waals surface area contributed by atoms with Crippen LogP contribution in [0.15, 0.2) is 54.9 Å². The van der Waals surface area contributed by atoms with Crippen LogP contribution in [0.3, 0.4) is 0 Å². The predicted molar refractivity (Wildman–Crippen MR) is 119 cm³/mol. The second-order valence-electron chi connectivity index (χ2n) is 8.18. The zero-order valence-corrected chi connectivity index (χ0v) is 18.1. The number of carbonyl (C=O) groups excluding carboxylic acids is 1. The van der Waals surface area contributed by atoms with E-state index < -0.39 is 30.8 Å². The quantitative estimate of drug-likeness (QED) is 0.487. The molecule has 10 heteroatoms. The van der Waals surface area contributed by atoms with Gasteiger partial charge in [0.2, 0.25) is 0 Å². The summed E-state index contributed by atoms with van der Waals surface area (Å²) < 4.78 is 41.6. The number of hydrogen-bond donors (Lipinski definition) is 3. The maximum atomic E-state index is 13.5. The Morgan fingerprint density at radius 2 is 1.85 bits per heavy atom. The molecule has 0 bridgehead atoms. The zero-order chi connectivity index (χ0) is 24.3. The van der Waals surface area contributed by atoms with Gasteiger partial charge in [0.05, 0.1) is 11.7 Å². The van der Waals surface area contributed by atoms with Gasteiger partial charge >= 0.3 is 12.3 Å². The number of halogens is 3. The summed E-state index contributed by atoms with van der Waals surface area (Å²) in [6.07, 6.45) is -1.22. The molecule has 1 aliphatic carbocycles. The molecule has 3 N–H and O–H groups in total. The Morgan fingerprint density at radius 1 is 1.12 bits per heavy atom. The molecule has 7 nitrogen and oxygen atoms in total. The van der Waals surface area contributed by atoms with Gasteiger partial charge in [-0.3, -0.25) is 9.78 Å². The van der Waals surface area contributed by atoms with Gasteiger partial charge < -0.3 is 20.3 Å². The number of carbonyl (C=O) groups is 2. The van der Waals surface area contributed by atoms with E-state index >= 15 is 0 Å². The molecule has 2 amide bonds. The fraction of sp³-hybridized carbons (Fsp3) is 0.292. The number of alkyl halides is 3. The van der Waals surface area contributed by atoms with Crippen molar-refractivity contribution in [1.82, 2.24) is 20.2 Å². The topological polar surface area (TPSA) is 96.3 Å². The standard InChI is InChI=1S/C24H23F3N4O3/c25-24(26,27)14-31-20(11-16-6-7-17-12-28-9-8-19(17)21(16)31)22(32)30-18(13-29-23(33)34)10-15-4-2-1-3-5-15/h1-5,8-9,11-12,18,29H,6-7,10,13-14H2,(H,30,32)(H,33,34)/t18-/m1/s1. The van der Waals surface area contributed by atoms with Crippen LogP contribution in [-0.2, 0) is 25.8 Å². The van der Waals surface area contributed by atoms with E-state index in [2.05, 4.69) is 15.6 Å². The number of nitrogens with one attached hydrogen (secondary N) is 2. The number of benzene rings is 1. The maximum Gasteiger partial charge on any atom is 0.406 e. The highest BCUT2D eigenvalue weighted by molar-refractivity contribution is 5.95. The molecular weight excluding hydrogens is 449 g/mol. The Bertz CT molecular complexity index is 1190. The third-order valence-corrected chi connectivity index (χ3v) is 5.73. The smallest absolute Gasteiger partial charge is 0.406 e. The molecule has 1 atom stereocenters. The SMILES string of the molecule is O=C(O)NC[C@@H](Cc1ccccc1)NC(=O)c1cc2c(n1CC(F)(F)F)-c1ccncc1CC2. The van der Waals surface area contributed by atoms with Crippen molar-refractivity contribution in [3.63, 3.8) is 0 Å². The Hall–Kier alpha value is -3.82. The minimum atomic E-state index is -4.54. The Labute approximate surface area is 193 Å². The fourth-order valence-electron chi connectivity index (χ4n) is 4.32. The number of nitrogens with zero attached hydrogens (tertiary/aromatic N) is 2.